The average Bonchev–Trinajstić information content (AvgIpc) is 3.10. The molecule has 1 aliphatic rings. The first-order valence-corrected chi connectivity index (χ1v) is 9.14. The van der Waals surface area contributed by atoms with Gasteiger partial charge in [-0.25, -0.2) is 4.79 Å². The molecule has 0 amide bonds. The Bertz CT molecular complexity index is 623. The first kappa shape index (κ1) is 20.5. The molecule has 1 aromatic carbocycles. The first-order valence-electron chi connectivity index (χ1n) is 8.16. The summed E-state index contributed by atoms with van der Waals surface area (Å²) in [5.41, 5.74) is 0.510. The summed E-state index contributed by atoms with van der Waals surface area (Å²) < 4.78 is 21.0. The second-order valence-corrected chi connectivity index (χ2v) is 6.35. The van der Waals surface area contributed by atoms with Gasteiger partial charge in [-0.15, -0.1) is 11.8 Å². The predicted molar refractivity (Wildman–Crippen MR) is 97.5 cm³/mol. The van der Waals surface area contributed by atoms with Crippen LogP contribution in [0.4, 0.5) is 0 Å². The van der Waals surface area contributed by atoms with Crippen LogP contribution >= 0.6 is 11.8 Å². The van der Waals surface area contributed by atoms with Crippen molar-refractivity contribution in [1.29, 1.82) is 0 Å². The molecule has 0 saturated carbocycles. The fourth-order valence-corrected chi connectivity index (χ4v) is 3.18. The van der Waals surface area contributed by atoms with Crippen molar-refractivity contribution < 1.29 is 34.0 Å². The highest BCUT2D eigenvalue weighted by molar-refractivity contribution is 8.14. The maximum absolute atomic E-state index is 10.9. The molecule has 0 aliphatic carbocycles. The molecule has 1 atom stereocenters. The van der Waals surface area contributed by atoms with Gasteiger partial charge in [-0.3, -0.25) is 4.99 Å². The van der Waals surface area contributed by atoms with Crippen LogP contribution in [-0.2, 0) is 19.0 Å². The molecule has 2 rings (SSSR count). The number of aromatic hydroxyl groups is 1. The van der Waals surface area contributed by atoms with Gasteiger partial charge in [0.1, 0.15) is 23.1 Å². The number of benzene rings is 1. The molecule has 26 heavy (non-hydrogen) atoms. The van der Waals surface area contributed by atoms with Crippen molar-refractivity contribution in [3.63, 3.8) is 0 Å². The van der Waals surface area contributed by atoms with Crippen molar-refractivity contribution in [1.82, 2.24) is 0 Å². The molecule has 0 bridgehead atoms. The topological polar surface area (TPSA) is 107 Å². The fourth-order valence-electron chi connectivity index (χ4n) is 2.11. The number of phenols is 1. The van der Waals surface area contributed by atoms with E-state index in [0.717, 1.165) is 0 Å². The molecular weight excluding hydrogens is 362 g/mol. The summed E-state index contributed by atoms with van der Waals surface area (Å²) in [4.78, 5) is 15.1. The Balaban J connectivity index is 1.71. The van der Waals surface area contributed by atoms with Gasteiger partial charge in [0.05, 0.1) is 33.0 Å². The summed E-state index contributed by atoms with van der Waals surface area (Å²) in [6.45, 7) is 2.81. The second kappa shape index (κ2) is 11.0. The Kier molecular flexibility index (Phi) is 8.69. The highest BCUT2D eigenvalue weighted by atomic mass is 32.2. The molecule has 0 fully saturated rings. The van der Waals surface area contributed by atoms with Crippen LogP contribution in [0.3, 0.4) is 0 Å². The average molecular weight is 385 g/mol. The van der Waals surface area contributed by atoms with Crippen LogP contribution in [0.5, 0.6) is 11.5 Å². The Hall–Kier alpha value is -1.81. The Labute approximate surface area is 156 Å². The number of carboxylic acid groups (broad SMARTS) is 1. The fraction of sp³-hybridized carbons (Fsp3) is 0.529. The number of hydrogen-bond acceptors (Lipinski definition) is 8. The van der Waals surface area contributed by atoms with E-state index in [9.17, 15) is 9.90 Å². The molecule has 9 heteroatoms. The van der Waals surface area contributed by atoms with E-state index in [4.69, 9.17) is 24.1 Å². The third kappa shape index (κ3) is 6.49. The lowest BCUT2D eigenvalue weighted by Gasteiger charge is -2.10. The van der Waals surface area contributed by atoms with Crippen LogP contribution in [0.15, 0.2) is 23.2 Å². The van der Waals surface area contributed by atoms with Crippen molar-refractivity contribution in [2.75, 3.05) is 52.5 Å². The van der Waals surface area contributed by atoms with Crippen molar-refractivity contribution in [3.05, 3.63) is 23.8 Å². The molecule has 144 valence electrons. The molecule has 1 heterocycles. The number of thioether (sulfide) groups is 1. The molecule has 1 aromatic rings. The van der Waals surface area contributed by atoms with Gasteiger partial charge in [-0.05, 0) is 12.1 Å². The summed E-state index contributed by atoms with van der Waals surface area (Å²) >= 11 is 1.31. The maximum Gasteiger partial charge on any atom is 0.329 e. The van der Waals surface area contributed by atoms with E-state index in [1.165, 1.54) is 17.8 Å². The zero-order chi connectivity index (χ0) is 18.8. The molecule has 1 unspecified atom stereocenters. The van der Waals surface area contributed by atoms with Crippen LogP contribution in [0, 0.1) is 0 Å². The van der Waals surface area contributed by atoms with Gasteiger partial charge in [0.25, 0.3) is 0 Å². The van der Waals surface area contributed by atoms with Gasteiger partial charge in [0.15, 0.2) is 6.04 Å². The van der Waals surface area contributed by atoms with Crippen LogP contribution in [0.2, 0.25) is 0 Å². The molecule has 1 aliphatic heterocycles. The normalized spacial score (nSPS) is 16.5. The Morgan fingerprint density at radius 3 is 2.50 bits per heavy atom. The van der Waals surface area contributed by atoms with E-state index < -0.39 is 12.0 Å². The van der Waals surface area contributed by atoms with Crippen molar-refractivity contribution in [2.24, 2.45) is 4.99 Å². The van der Waals surface area contributed by atoms with Gasteiger partial charge in [0, 0.05) is 24.5 Å². The quantitative estimate of drug-likeness (QED) is 0.520. The van der Waals surface area contributed by atoms with Crippen molar-refractivity contribution in [2.45, 2.75) is 6.04 Å². The minimum absolute atomic E-state index is 0.00671. The minimum atomic E-state index is -0.962. The van der Waals surface area contributed by atoms with E-state index in [-0.39, 0.29) is 5.75 Å². The van der Waals surface area contributed by atoms with Gasteiger partial charge in [-0.1, -0.05) is 0 Å². The summed E-state index contributed by atoms with van der Waals surface area (Å²) in [5.74, 6) is -0.0811. The predicted octanol–water partition coefficient (Wildman–Crippen LogP) is 1.40. The first-order chi connectivity index (χ1) is 12.6. The molecule has 0 spiro atoms. The van der Waals surface area contributed by atoms with Crippen molar-refractivity contribution in [3.8, 4) is 11.5 Å². The zero-order valence-electron chi connectivity index (χ0n) is 14.6. The number of phenolic OH excluding ortho intramolecular Hbond substituents is 1. The molecule has 0 radical (unpaired) electrons. The summed E-state index contributed by atoms with van der Waals surface area (Å²) in [5, 5.41) is 19.6. The van der Waals surface area contributed by atoms with E-state index in [2.05, 4.69) is 4.99 Å². The van der Waals surface area contributed by atoms with E-state index in [1.54, 1.807) is 19.2 Å². The lowest BCUT2D eigenvalue weighted by Crippen LogP contribution is -2.17. The molecule has 2 N–H and O–H groups in total. The van der Waals surface area contributed by atoms with Gasteiger partial charge < -0.3 is 29.2 Å². The Morgan fingerprint density at radius 1 is 1.19 bits per heavy atom. The largest absolute Gasteiger partial charge is 0.507 e. The monoisotopic (exact) mass is 385 g/mol. The number of carboxylic acids is 1. The zero-order valence-corrected chi connectivity index (χ0v) is 15.4. The van der Waals surface area contributed by atoms with Crippen LogP contribution < -0.4 is 4.74 Å². The maximum atomic E-state index is 10.9. The summed E-state index contributed by atoms with van der Waals surface area (Å²) in [7, 11) is 1.62. The molecule has 8 nitrogen and oxygen atoms in total. The number of hydrogen-bond donors (Lipinski definition) is 2. The highest BCUT2D eigenvalue weighted by Gasteiger charge is 2.26. The lowest BCUT2D eigenvalue weighted by atomic mass is 10.2. The van der Waals surface area contributed by atoms with E-state index >= 15 is 0 Å². The van der Waals surface area contributed by atoms with E-state index in [0.29, 0.717) is 61.8 Å². The number of carbonyl (C=O) groups is 1. The van der Waals surface area contributed by atoms with Gasteiger partial charge >= 0.3 is 5.97 Å². The van der Waals surface area contributed by atoms with Gasteiger partial charge in [-0.2, -0.15) is 0 Å². The number of rotatable bonds is 12. The number of nitrogens with zero attached hydrogens (tertiary/aromatic N) is 1. The van der Waals surface area contributed by atoms with Crippen LogP contribution in [-0.4, -0.2) is 79.8 Å². The summed E-state index contributed by atoms with van der Waals surface area (Å²) in [6, 6.07) is 4.10. The number of aliphatic imine (C=N–C) groups is 1. The standard InChI is InChI=1S/C17H23NO7S/c1-22-4-5-23-6-7-24-8-9-25-12-2-3-13(15(19)10-12)16-18-14(11-26-16)17(20)21/h2-3,10,14,19H,4-9,11H2,1H3,(H,20,21). The molecule has 0 aromatic heterocycles. The van der Waals surface area contributed by atoms with Crippen LogP contribution in [0.1, 0.15) is 5.56 Å². The molecule has 0 saturated heterocycles. The smallest absolute Gasteiger partial charge is 0.329 e. The Morgan fingerprint density at radius 2 is 1.88 bits per heavy atom. The second-order valence-electron chi connectivity index (χ2n) is 5.34. The third-order valence-corrected chi connectivity index (χ3v) is 4.52. The SMILES string of the molecule is COCCOCCOCCOc1ccc(C2=NC(C(=O)O)CS2)c(O)c1. The minimum Gasteiger partial charge on any atom is -0.507 e. The van der Waals surface area contributed by atoms with E-state index in [1.807, 2.05) is 0 Å². The number of aliphatic carboxylic acids is 1. The summed E-state index contributed by atoms with van der Waals surface area (Å²) in [6.07, 6.45) is 0. The number of methoxy groups -OCH3 is 1. The molecular formula is C17H23NO7S. The lowest BCUT2D eigenvalue weighted by molar-refractivity contribution is -0.137. The van der Waals surface area contributed by atoms with Crippen molar-refractivity contribution >= 4 is 22.8 Å². The highest BCUT2D eigenvalue weighted by Crippen LogP contribution is 2.31. The number of ether oxygens (including phenoxy) is 4. The van der Waals surface area contributed by atoms with Gasteiger partial charge in [0.2, 0.25) is 0 Å². The van der Waals surface area contributed by atoms with Crippen LogP contribution in [0.25, 0.3) is 0 Å². The third-order valence-electron chi connectivity index (χ3n) is 3.44.